The maximum Gasteiger partial charge on any atom is 0.124 e. The van der Waals surface area contributed by atoms with E-state index in [0.717, 1.165) is 34.9 Å². The van der Waals surface area contributed by atoms with Crippen molar-refractivity contribution in [3.05, 3.63) is 47.5 Å². The number of methoxy groups -OCH3 is 3. The first kappa shape index (κ1) is 13.6. The Morgan fingerprint density at radius 1 is 0.905 bits per heavy atom. The van der Waals surface area contributed by atoms with Gasteiger partial charge in [0.05, 0.1) is 27.4 Å². The lowest BCUT2D eigenvalue weighted by atomic mass is 10.0. The predicted octanol–water partition coefficient (Wildman–Crippen LogP) is 3.42. The van der Waals surface area contributed by atoms with Gasteiger partial charge in [-0.2, -0.15) is 0 Å². The van der Waals surface area contributed by atoms with Crippen molar-refractivity contribution in [3.8, 4) is 17.2 Å². The van der Waals surface area contributed by atoms with E-state index in [-0.39, 0.29) is 6.04 Å². The minimum atomic E-state index is 0.178. The van der Waals surface area contributed by atoms with Gasteiger partial charge in [-0.15, -0.1) is 0 Å². The molecule has 110 valence electrons. The Kier molecular flexibility index (Phi) is 3.60. The molecule has 2 aromatic carbocycles. The van der Waals surface area contributed by atoms with Crippen LogP contribution in [-0.4, -0.2) is 21.3 Å². The molecule has 1 heterocycles. The number of rotatable bonds is 4. The first-order chi connectivity index (χ1) is 10.2. The molecule has 0 aromatic heterocycles. The van der Waals surface area contributed by atoms with Crippen LogP contribution in [0.3, 0.4) is 0 Å². The van der Waals surface area contributed by atoms with Gasteiger partial charge in [0, 0.05) is 11.3 Å². The van der Waals surface area contributed by atoms with Gasteiger partial charge in [-0.25, -0.2) is 0 Å². The van der Waals surface area contributed by atoms with Crippen LogP contribution in [0.25, 0.3) is 0 Å². The number of hydrogen-bond acceptors (Lipinski definition) is 4. The molecule has 0 saturated carbocycles. The summed E-state index contributed by atoms with van der Waals surface area (Å²) in [5.41, 5.74) is 3.50. The van der Waals surface area contributed by atoms with Gasteiger partial charge >= 0.3 is 0 Å². The normalized spacial score (nSPS) is 16.0. The van der Waals surface area contributed by atoms with Crippen molar-refractivity contribution >= 4 is 5.69 Å². The van der Waals surface area contributed by atoms with Crippen molar-refractivity contribution in [3.63, 3.8) is 0 Å². The third-order valence-corrected chi connectivity index (χ3v) is 3.88. The van der Waals surface area contributed by atoms with Crippen LogP contribution in [0, 0.1) is 0 Å². The lowest BCUT2D eigenvalue weighted by molar-refractivity contribution is 0.396. The maximum atomic E-state index is 5.48. The zero-order valence-corrected chi connectivity index (χ0v) is 12.5. The first-order valence-electron chi connectivity index (χ1n) is 6.90. The second-order valence-corrected chi connectivity index (χ2v) is 5.03. The fraction of sp³-hybridized carbons (Fsp3) is 0.294. The van der Waals surface area contributed by atoms with Crippen LogP contribution in [0.4, 0.5) is 5.69 Å². The zero-order valence-electron chi connectivity index (χ0n) is 12.5. The van der Waals surface area contributed by atoms with Crippen LogP contribution in [0.5, 0.6) is 17.2 Å². The van der Waals surface area contributed by atoms with Gasteiger partial charge < -0.3 is 19.5 Å². The van der Waals surface area contributed by atoms with E-state index in [2.05, 4.69) is 17.4 Å². The topological polar surface area (TPSA) is 39.7 Å². The Labute approximate surface area is 124 Å². The van der Waals surface area contributed by atoms with E-state index in [1.54, 1.807) is 21.3 Å². The third kappa shape index (κ3) is 2.49. The maximum absolute atomic E-state index is 5.48. The lowest BCUT2D eigenvalue weighted by Crippen LogP contribution is -2.07. The van der Waals surface area contributed by atoms with Crippen molar-refractivity contribution in [1.82, 2.24) is 0 Å². The summed E-state index contributed by atoms with van der Waals surface area (Å²) in [6.45, 7) is 0. The molecule has 3 rings (SSSR count). The van der Waals surface area contributed by atoms with E-state index in [1.807, 2.05) is 24.3 Å². The minimum Gasteiger partial charge on any atom is -0.497 e. The average Bonchev–Trinajstić information content (AvgIpc) is 2.96. The number of fused-ring (bicyclic) bond motifs is 1. The Hall–Kier alpha value is -2.36. The molecule has 0 amide bonds. The molecule has 2 aromatic rings. The van der Waals surface area contributed by atoms with E-state index < -0.39 is 0 Å². The first-order valence-corrected chi connectivity index (χ1v) is 6.90. The van der Waals surface area contributed by atoms with Crippen molar-refractivity contribution in [2.45, 2.75) is 12.5 Å². The molecule has 0 radical (unpaired) electrons. The summed E-state index contributed by atoms with van der Waals surface area (Å²) >= 11 is 0. The highest BCUT2D eigenvalue weighted by atomic mass is 16.5. The fourth-order valence-corrected chi connectivity index (χ4v) is 2.76. The van der Waals surface area contributed by atoms with Gasteiger partial charge in [0.2, 0.25) is 0 Å². The Morgan fingerprint density at radius 2 is 1.62 bits per heavy atom. The second-order valence-electron chi connectivity index (χ2n) is 5.03. The van der Waals surface area contributed by atoms with E-state index in [4.69, 9.17) is 14.2 Å². The van der Waals surface area contributed by atoms with Gasteiger partial charge in [-0.3, -0.25) is 0 Å². The second kappa shape index (κ2) is 5.56. The van der Waals surface area contributed by atoms with Crippen molar-refractivity contribution < 1.29 is 14.2 Å². The number of hydrogen-bond donors (Lipinski definition) is 1. The van der Waals surface area contributed by atoms with Gasteiger partial charge in [0.15, 0.2) is 0 Å². The molecule has 0 saturated heterocycles. The zero-order chi connectivity index (χ0) is 14.8. The summed E-state index contributed by atoms with van der Waals surface area (Å²) < 4.78 is 16.1. The summed E-state index contributed by atoms with van der Waals surface area (Å²) in [5.74, 6) is 2.59. The van der Waals surface area contributed by atoms with Crippen molar-refractivity contribution in [2.75, 3.05) is 26.6 Å². The highest BCUT2D eigenvalue weighted by Crippen LogP contribution is 2.40. The van der Waals surface area contributed by atoms with E-state index >= 15 is 0 Å². The molecular formula is C17H19NO3. The van der Waals surface area contributed by atoms with Gasteiger partial charge in [-0.05, 0) is 48.4 Å². The molecule has 0 fully saturated rings. The van der Waals surface area contributed by atoms with Gasteiger partial charge in [0.25, 0.3) is 0 Å². The highest BCUT2D eigenvalue weighted by molar-refractivity contribution is 5.61. The van der Waals surface area contributed by atoms with Crippen LogP contribution in [-0.2, 0) is 6.42 Å². The molecule has 4 heteroatoms. The smallest absolute Gasteiger partial charge is 0.124 e. The van der Waals surface area contributed by atoms with E-state index in [0.29, 0.717) is 0 Å². The summed E-state index contributed by atoms with van der Waals surface area (Å²) in [6.07, 6.45) is 0.899. The standard InChI is InChI=1S/C17H19NO3/c1-19-12-4-6-15-11(8-12)9-16(18-15)14-10-13(20-2)5-7-17(14)21-3/h4-8,10,16,18H,9H2,1-3H3. The van der Waals surface area contributed by atoms with Crippen LogP contribution in [0.15, 0.2) is 36.4 Å². The lowest BCUT2D eigenvalue weighted by Gasteiger charge is -2.16. The van der Waals surface area contributed by atoms with Crippen molar-refractivity contribution in [2.24, 2.45) is 0 Å². The molecular weight excluding hydrogens is 266 g/mol. The summed E-state index contributed by atoms with van der Waals surface area (Å²) in [5, 5.41) is 3.54. The highest BCUT2D eigenvalue weighted by Gasteiger charge is 2.25. The molecule has 4 nitrogen and oxygen atoms in total. The molecule has 1 atom stereocenters. The monoisotopic (exact) mass is 285 g/mol. The summed E-state index contributed by atoms with van der Waals surface area (Å²) in [6, 6.07) is 12.2. The number of benzene rings is 2. The average molecular weight is 285 g/mol. The molecule has 1 N–H and O–H groups in total. The fourth-order valence-electron chi connectivity index (χ4n) is 2.76. The quantitative estimate of drug-likeness (QED) is 0.934. The molecule has 1 aliphatic rings. The minimum absolute atomic E-state index is 0.178. The molecule has 1 unspecified atom stereocenters. The van der Waals surface area contributed by atoms with Crippen LogP contribution in [0.1, 0.15) is 17.2 Å². The number of ether oxygens (including phenoxy) is 3. The Bertz CT molecular complexity index is 654. The van der Waals surface area contributed by atoms with Gasteiger partial charge in [-0.1, -0.05) is 0 Å². The molecule has 0 aliphatic carbocycles. The summed E-state index contributed by atoms with van der Waals surface area (Å²) in [7, 11) is 5.05. The van der Waals surface area contributed by atoms with Gasteiger partial charge in [0.1, 0.15) is 17.2 Å². The van der Waals surface area contributed by atoms with E-state index in [9.17, 15) is 0 Å². The molecule has 0 bridgehead atoms. The molecule has 21 heavy (non-hydrogen) atoms. The number of nitrogens with one attached hydrogen (secondary N) is 1. The van der Waals surface area contributed by atoms with Crippen LogP contribution in [0.2, 0.25) is 0 Å². The summed E-state index contributed by atoms with van der Waals surface area (Å²) in [4.78, 5) is 0. The number of anilines is 1. The van der Waals surface area contributed by atoms with Crippen LogP contribution >= 0.6 is 0 Å². The van der Waals surface area contributed by atoms with E-state index in [1.165, 1.54) is 5.56 Å². The molecule has 0 spiro atoms. The molecule has 1 aliphatic heterocycles. The van der Waals surface area contributed by atoms with Crippen LogP contribution < -0.4 is 19.5 Å². The SMILES string of the molecule is COc1ccc2c(c1)CC(c1cc(OC)ccc1OC)N2. The largest absolute Gasteiger partial charge is 0.497 e. The Morgan fingerprint density at radius 3 is 2.33 bits per heavy atom. The Balaban J connectivity index is 1.93. The van der Waals surface area contributed by atoms with Crippen molar-refractivity contribution in [1.29, 1.82) is 0 Å². The predicted molar refractivity (Wildman–Crippen MR) is 82.6 cm³/mol. The third-order valence-electron chi connectivity index (χ3n) is 3.88.